The van der Waals surface area contributed by atoms with Crippen LogP contribution in [0.5, 0.6) is 0 Å². The van der Waals surface area contributed by atoms with Gasteiger partial charge in [0.25, 0.3) is 0 Å². The van der Waals surface area contributed by atoms with Crippen LogP contribution in [0.25, 0.3) is 17.2 Å². The fraction of sp³-hybridized carbons (Fsp3) is 0.500. The lowest BCUT2D eigenvalue weighted by Crippen LogP contribution is -2.22. The van der Waals surface area contributed by atoms with Crippen molar-refractivity contribution in [1.82, 2.24) is 0 Å². The highest BCUT2D eigenvalue weighted by Gasteiger charge is 2.31. The molecule has 0 nitrogen and oxygen atoms in total. The molecular formula is C28H36. The normalized spacial score (nSPS) is 18.9. The number of aryl methyl sites for hydroxylation is 1. The molecule has 0 atom stereocenters. The van der Waals surface area contributed by atoms with E-state index in [-0.39, 0.29) is 0 Å². The molecule has 2 aromatic carbocycles. The number of hydrogen-bond acceptors (Lipinski definition) is 0. The Morgan fingerprint density at radius 2 is 1.54 bits per heavy atom. The molecule has 0 spiro atoms. The Bertz CT molecular complexity index is 814. The zero-order valence-corrected chi connectivity index (χ0v) is 17.9. The van der Waals surface area contributed by atoms with Crippen molar-refractivity contribution in [1.29, 1.82) is 0 Å². The van der Waals surface area contributed by atoms with E-state index in [2.05, 4.69) is 62.4 Å². The Labute approximate surface area is 172 Å². The summed E-state index contributed by atoms with van der Waals surface area (Å²) in [7, 11) is 0. The van der Waals surface area contributed by atoms with Crippen molar-refractivity contribution in [2.75, 3.05) is 0 Å². The second-order valence-corrected chi connectivity index (χ2v) is 9.21. The topological polar surface area (TPSA) is 0 Å². The predicted molar refractivity (Wildman–Crippen MR) is 123 cm³/mol. The van der Waals surface area contributed by atoms with Crippen LogP contribution in [0, 0.1) is 5.41 Å². The van der Waals surface area contributed by atoms with Gasteiger partial charge < -0.3 is 0 Å². The summed E-state index contributed by atoms with van der Waals surface area (Å²) >= 11 is 0. The molecule has 2 aromatic rings. The zero-order chi connectivity index (χ0) is 19.4. The zero-order valence-electron chi connectivity index (χ0n) is 17.9. The third-order valence-corrected chi connectivity index (χ3v) is 7.40. The first-order chi connectivity index (χ1) is 13.7. The molecule has 0 bridgehead atoms. The molecule has 0 saturated heterocycles. The number of rotatable bonds is 5. The standard InChI is InChI=1S/C28H36/c1-3-22-13-15-24(16-14-22)26-12-10-11-25-19-23(20-27(25)26)21-28(4-2)17-8-6-5-7-9-18-28/h10-16,20H,3-9,17-19,21H2,1-2H3. The van der Waals surface area contributed by atoms with Gasteiger partial charge in [0.05, 0.1) is 0 Å². The molecule has 2 aliphatic carbocycles. The molecule has 0 aromatic heterocycles. The van der Waals surface area contributed by atoms with Gasteiger partial charge in [-0.2, -0.15) is 0 Å². The average molecular weight is 373 g/mol. The smallest absolute Gasteiger partial charge is 0.00574 e. The van der Waals surface area contributed by atoms with Crippen LogP contribution in [0.15, 0.2) is 48.0 Å². The van der Waals surface area contributed by atoms with Gasteiger partial charge in [-0.05, 0) is 65.3 Å². The van der Waals surface area contributed by atoms with Gasteiger partial charge in [-0.1, -0.05) is 106 Å². The molecule has 0 amide bonds. The maximum Gasteiger partial charge on any atom is -0.00574 e. The number of allylic oxidation sites excluding steroid dienone is 1. The fourth-order valence-electron chi connectivity index (χ4n) is 5.52. The maximum atomic E-state index is 2.55. The lowest BCUT2D eigenvalue weighted by Gasteiger charge is -2.35. The molecule has 0 heteroatoms. The SMILES string of the molecule is CCc1ccc(-c2cccc3c2C=C(CC2(CC)CCCCCCC2)C3)cc1. The summed E-state index contributed by atoms with van der Waals surface area (Å²) in [6, 6.07) is 16.1. The number of fused-ring (bicyclic) bond motifs is 1. The summed E-state index contributed by atoms with van der Waals surface area (Å²) in [6.07, 6.45) is 17.5. The van der Waals surface area contributed by atoms with Crippen molar-refractivity contribution >= 4 is 6.08 Å². The molecule has 1 fully saturated rings. The fourth-order valence-corrected chi connectivity index (χ4v) is 5.52. The monoisotopic (exact) mass is 372 g/mol. The van der Waals surface area contributed by atoms with Crippen LogP contribution in [-0.4, -0.2) is 0 Å². The Morgan fingerprint density at radius 1 is 0.821 bits per heavy atom. The van der Waals surface area contributed by atoms with E-state index in [1.165, 1.54) is 85.6 Å². The minimum Gasteiger partial charge on any atom is -0.0648 e. The van der Waals surface area contributed by atoms with Gasteiger partial charge in [0.1, 0.15) is 0 Å². The van der Waals surface area contributed by atoms with E-state index in [0.717, 1.165) is 12.8 Å². The molecule has 0 radical (unpaired) electrons. The van der Waals surface area contributed by atoms with Gasteiger partial charge in [0.2, 0.25) is 0 Å². The van der Waals surface area contributed by atoms with Gasteiger partial charge in [-0.25, -0.2) is 0 Å². The van der Waals surface area contributed by atoms with Crippen molar-refractivity contribution in [3.63, 3.8) is 0 Å². The highest BCUT2D eigenvalue weighted by atomic mass is 14.4. The quantitative estimate of drug-likeness (QED) is 0.494. The van der Waals surface area contributed by atoms with Crippen LogP contribution < -0.4 is 0 Å². The van der Waals surface area contributed by atoms with Gasteiger partial charge in [0, 0.05) is 0 Å². The van der Waals surface area contributed by atoms with Crippen molar-refractivity contribution in [2.24, 2.45) is 5.41 Å². The number of benzene rings is 2. The minimum absolute atomic E-state index is 0.553. The van der Waals surface area contributed by atoms with Gasteiger partial charge in [-0.3, -0.25) is 0 Å². The second kappa shape index (κ2) is 8.68. The lowest BCUT2D eigenvalue weighted by molar-refractivity contribution is 0.198. The molecule has 28 heavy (non-hydrogen) atoms. The summed E-state index contributed by atoms with van der Waals surface area (Å²) in [5.41, 5.74) is 9.44. The lowest BCUT2D eigenvalue weighted by atomic mass is 9.70. The van der Waals surface area contributed by atoms with Crippen molar-refractivity contribution in [3.8, 4) is 11.1 Å². The van der Waals surface area contributed by atoms with Crippen LogP contribution in [-0.2, 0) is 12.8 Å². The molecule has 4 rings (SSSR count). The van der Waals surface area contributed by atoms with Gasteiger partial charge >= 0.3 is 0 Å². The summed E-state index contributed by atoms with van der Waals surface area (Å²) in [6.45, 7) is 4.66. The van der Waals surface area contributed by atoms with E-state index < -0.39 is 0 Å². The van der Waals surface area contributed by atoms with Crippen LogP contribution in [0.3, 0.4) is 0 Å². The Balaban J connectivity index is 1.59. The molecule has 2 aliphatic rings. The van der Waals surface area contributed by atoms with Crippen molar-refractivity contribution in [3.05, 3.63) is 64.7 Å². The largest absolute Gasteiger partial charge is 0.0648 e. The third kappa shape index (κ3) is 4.12. The number of hydrogen-bond donors (Lipinski definition) is 0. The van der Waals surface area contributed by atoms with Crippen LogP contribution in [0.4, 0.5) is 0 Å². The minimum atomic E-state index is 0.553. The Hall–Kier alpha value is -1.82. The molecule has 1 saturated carbocycles. The summed E-state index contributed by atoms with van der Waals surface area (Å²) in [5.74, 6) is 0. The molecular weight excluding hydrogens is 336 g/mol. The van der Waals surface area contributed by atoms with Crippen LogP contribution >= 0.6 is 0 Å². The predicted octanol–water partition coefficient (Wildman–Crippen LogP) is 8.39. The summed E-state index contributed by atoms with van der Waals surface area (Å²) in [5, 5.41) is 0. The molecule has 0 unspecified atom stereocenters. The first-order valence-corrected chi connectivity index (χ1v) is 11.6. The molecule has 0 aliphatic heterocycles. The molecule has 0 heterocycles. The van der Waals surface area contributed by atoms with Crippen LogP contribution in [0.2, 0.25) is 0 Å². The van der Waals surface area contributed by atoms with E-state index in [9.17, 15) is 0 Å². The van der Waals surface area contributed by atoms with E-state index >= 15 is 0 Å². The third-order valence-electron chi connectivity index (χ3n) is 7.40. The maximum absolute atomic E-state index is 2.55. The van der Waals surface area contributed by atoms with Gasteiger partial charge in [0.15, 0.2) is 0 Å². The van der Waals surface area contributed by atoms with E-state index in [4.69, 9.17) is 0 Å². The first-order valence-electron chi connectivity index (χ1n) is 11.6. The Morgan fingerprint density at radius 3 is 2.21 bits per heavy atom. The van der Waals surface area contributed by atoms with E-state index in [1.54, 1.807) is 5.57 Å². The van der Waals surface area contributed by atoms with Gasteiger partial charge in [-0.15, -0.1) is 0 Å². The summed E-state index contributed by atoms with van der Waals surface area (Å²) in [4.78, 5) is 0. The average Bonchev–Trinajstić information content (AvgIpc) is 3.12. The first kappa shape index (κ1) is 19.5. The van der Waals surface area contributed by atoms with E-state index in [0.29, 0.717) is 5.41 Å². The highest BCUT2D eigenvalue weighted by Crippen LogP contribution is 2.45. The van der Waals surface area contributed by atoms with Crippen LogP contribution in [0.1, 0.15) is 88.3 Å². The summed E-state index contributed by atoms with van der Waals surface area (Å²) < 4.78 is 0. The second-order valence-electron chi connectivity index (χ2n) is 9.21. The molecule has 148 valence electrons. The van der Waals surface area contributed by atoms with E-state index in [1.807, 2.05) is 0 Å². The van der Waals surface area contributed by atoms with Crippen molar-refractivity contribution in [2.45, 2.75) is 84.5 Å². The Kier molecular flexibility index (Phi) is 6.04. The highest BCUT2D eigenvalue weighted by molar-refractivity contribution is 5.80. The molecule has 0 N–H and O–H groups in total. The van der Waals surface area contributed by atoms with Crippen molar-refractivity contribution < 1.29 is 0 Å².